The predicted octanol–water partition coefficient (Wildman–Crippen LogP) is 6.48. The highest BCUT2D eigenvalue weighted by molar-refractivity contribution is 5.68. The van der Waals surface area contributed by atoms with Crippen molar-refractivity contribution < 1.29 is 9.53 Å². The third kappa shape index (κ3) is 12.5. The molecule has 3 unspecified atom stereocenters. The summed E-state index contributed by atoms with van der Waals surface area (Å²) in [5, 5.41) is 0. The van der Waals surface area contributed by atoms with Crippen LogP contribution < -0.4 is 0 Å². The van der Waals surface area contributed by atoms with Gasteiger partial charge in [-0.05, 0) is 47.8 Å². The lowest BCUT2D eigenvalue weighted by molar-refractivity contribution is -0.145. The third-order valence-corrected chi connectivity index (χ3v) is 4.48. The van der Waals surface area contributed by atoms with Gasteiger partial charge in [0.15, 0.2) is 0 Å². The van der Waals surface area contributed by atoms with E-state index in [4.69, 9.17) is 4.74 Å². The predicted molar refractivity (Wildman–Crippen MR) is 100 cm³/mol. The molecule has 0 rings (SSSR count). The number of carbonyl (C=O) groups excluding carboxylic acids is 1. The first-order valence-electron chi connectivity index (χ1n) is 9.49. The number of rotatable bonds is 9. The Balaban J connectivity index is 4.61. The van der Waals surface area contributed by atoms with Gasteiger partial charge in [-0.25, -0.2) is 0 Å². The van der Waals surface area contributed by atoms with E-state index in [0.29, 0.717) is 35.7 Å². The van der Waals surface area contributed by atoms with E-state index in [2.05, 4.69) is 55.4 Å². The van der Waals surface area contributed by atoms with Gasteiger partial charge >= 0.3 is 5.97 Å². The summed E-state index contributed by atoms with van der Waals surface area (Å²) in [5.41, 5.74) is 0.712. The first kappa shape index (κ1) is 22.5. The van der Waals surface area contributed by atoms with Crippen LogP contribution in [0.25, 0.3) is 0 Å². The normalized spacial score (nSPS) is 16.7. The van der Waals surface area contributed by atoms with E-state index in [-0.39, 0.29) is 5.97 Å². The second-order valence-electron chi connectivity index (χ2n) is 9.99. The van der Waals surface area contributed by atoms with Gasteiger partial charge in [0.2, 0.25) is 0 Å². The molecular weight excluding hydrogens is 284 g/mol. The van der Waals surface area contributed by atoms with Gasteiger partial charge in [0.05, 0.1) is 6.61 Å². The molecule has 0 radical (unpaired) electrons. The number of ether oxygens (including phenoxy) is 1. The fourth-order valence-corrected chi connectivity index (χ4v) is 3.61. The number of hydrogen-bond acceptors (Lipinski definition) is 2. The van der Waals surface area contributed by atoms with Gasteiger partial charge in [0.1, 0.15) is 0 Å². The van der Waals surface area contributed by atoms with Crippen LogP contribution in [0, 0.1) is 28.6 Å². The summed E-state index contributed by atoms with van der Waals surface area (Å²) in [5.74, 6) is 1.72. The lowest BCUT2D eigenvalue weighted by atomic mass is 9.76. The molecule has 0 aliphatic rings. The van der Waals surface area contributed by atoms with Gasteiger partial charge < -0.3 is 4.74 Å². The average Bonchev–Trinajstić information content (AvgIpc) is 2.33. The van der Waals surface area contributed by atoms with E-state index in [0.717, 1.165) is 12.3 Å². The molecule has 0 saturated heterocycles. The zero-order valence-electron chi connectivity index (χ0n) is 17.3. The van der Waals surface area contributed by atoms with Crippen molar-refractivity contribution in [3.05, 3.63) is 0 Å². The Morgan fingerprint density at radius 3 is 1.87 bits per heavy atom. The minimum Gasteiger partial charge on any atom is -0.465 e. The lowest BCUT2D eigenvalue weighted by Crippen LogP contribution is -2.25. The molecule has 0 aromatic carbocycles. The van der Waals surface area contributed by atoms with Crippen molar-refractivity contribution in [2.24, 2.45) is 28.6 Å². The van der Waals surface area contributed by atoms with Crippen LogP contribution in [-0.4, -0.2) is 12.6 Å². The van der Waals surface area contributed by atoms with Gasteiger partial charge in [0, 0.05) is 6.42 Å². The van der Waals surface area contributed by atoms with Crippen molar-refractivity contribution in [2.45, 2.75) is 94.4 Å². The van der Waals surface area contributed by atoms with Gasteiger partial charge in [0.25, 0.3) is 0 Å². The molecule has 0 aromatic rings. The highest BCUT2D eigenvalue weighted by atomic mass is 16.5. The standard InChI is InChI=1S/C21H42O2/c1-10-19(22)23-15-18(17(3)14-21(7,8)9)12-11-16(2)13-20(4,5)6/h16-18H,10-15H2,1-9H3. The molecule has 3 atom stereocenters. The van der Waals surface area contributed by atoms with Crippen molar-refractivity contribution in [2.75, 3.05) is 6.61 Å². The van der Waals surface area contributed by atoms with Crippen molar-refractivity contribution >= 4 is 5.97 Å². The van der Waals surface area contributed by atoms with Crippen LogP contribution in [-0.2, 0) is 9.53 Å². The van der Waals surface area contributed by atoms with Crippen molar-refractivity contribution in [3.8, 4) is 0 Å². The fraction of sp³-hybridized carbons (Fsp3) is 0.952. The quantitative estimate of drug-likeness (QED) is 0.453. The van der Waals surface area contributed by atoms with Crippen LogP contribution in [0.2, 0.25) is 0 Å². The van der Waals surface area contributed by atoms with E-state index in [1.807, 2.05) is 6.92 Å². The Labute approximate surface area is 145 Å². The molecule has 2 nitrogen and oxygen atoms in total. The number of esters is 1. The van der Waals surface area contributed by atoms with E-state index < -0.39 is 0 Å². The molecule has 0 bridgehead atoms. The molecule has 0 fully saturated rings. The zero-order chi connectivity index (χ0) is 18.3. The highest BCUT2D eigenvalue weighted by Gasteiger charge is 2.25. The smallest absolute Gasteiger partial charge is 0.305 e. The summed E-state index contributed by atoms with van der Waals surface area (Å²) < 4.78 is 5.48. The summed E-state index contributed by atoms with van der Waals surface area (Å²) in [6.45, 7) is 20.9. The fourth-order valence-electron chi connectivity index (χ4n) is 3.61. The summed E-state index contributed by atoms with van der Waals surface area (Å²) in [6, 6.07) is 0. The topological polar surface area (TPSA) is 26.3 Å². The van der Waals surface area contributed by atoms with E-state index >= 15 is 0 Å². The van der Waals surface area contributed by atoms with Crippen LogP contribution in [0.4, 0.5) is 0 Å². The van der Waals surface area contributed by atoms with E-state index in [1.54, 1.807) is 0 Å². The second kappa shape index (κ2) is 9.69. The van der Waals surface area contributed by atoms with E-state index in [9.17, 15) is 4.79 Å². The molecule has 0 spiro atoms. The van der Waals surface area contributed by atoms with Crippen LogP contribution in [0.3, 0.4) is 0 Å². The Morgan fingerprint density at radius 1 is 0.913 bits per heavy atom. The molecule has 0 saturated carbocycles. The minimum absolute atomic E-state index is 0.0688. The molecule has 0 aliphatic heterocycles. The van der Waals surface area contributed by atoms with Crippen molar-refractivity contribution in [3.63, 3.8) is 0 Å². The molecule has 0 heterocycles. The first-order chi connectivity index (χ1) is 10.3. The average molecular weight is 327 g/mol. The Bertz CT molecular complexity index is 333. The lowest BCUT2D eigenvalue weighted by Gasteiger charge is -2.31. The largest absolute Gasteiger partial charge is 0.465 e. The van der Waals surface area contributed by atoms with Crippen LogP contribution >= 0.6 is 0 Å². The molecular formula is C21H42O2. The maximum atomic E-state index is 11.5. The SMILES string of the molecule is CCC(=O)OCC(CCC(C)CC(C)(C)C)C(C)CC(C)(C)C. The van der Waals surface area contributed by atoms with Crippen molar-refractivity contribution in [1.29, 1.82) is 0 Å². The number of carbonyl (C=O) groups is 1. The number of hydrogen-bond donors (Lipinski definition) is 0. The minimum atomic E-state index is -0.0688. The molecule has 2 heteroatoms. The zero-order valence-corrected chi connectivity index (χ0v) is 17.3. The molecule has 0 amide bonds. The second-order valence-corrected chi connectivity index (χ2v) is 9.99. The maximum absolute atomic E-state index is 11.5. The molecule has 0 N–H and O–H groups in total. The van der Waals surface area contributed by atoms with Crippen LogP contribution in [0.1, 0.15) is 94.4 Å². The van der Waals surface area contributed by atoms with Gasteiger partial charge in [-0.3, -0.25) is 4.79 Å². The van der Waals surface area contributed by atoms with Crippen molar-refractivity contribution in [1.82, 2.24) is 0 Å². The summed E-state index contributed by atoms with van der Waals surface area (Å²) in [4.78, 5) is 11.5. The van der Waals surface area contributed by atoms with Gasteiger partial charge in [-0.2, -0.15) is 0 Å². The Hall–Kier alpha value is -0.530. The highest BCUT2D eigenvalue weighted by Crippen LogP contribution is 2.33. The van der Waals surface area contributed by atoms with Crippen LogP contribution in [0.5, 0.6) is 0 Å². The summed E-state index contributed by atoms with van der Waals surface area (Å²) in [6.07, 6.45) is 5.28. The Morgan fingerprint density at radius 2 is 1.43 bits per heavy atom. The molecule has 0 aromatic heterocycles. The molecule has 138 valence electrons. The summed E-state index contributed by atoms with van der Waals surface area (Å²) in [7, 11) is 0. The van der Waals surface area contributed by atoms with Gasteiger partial charge in [-0.15, -0.1) is 0 Å². The first-order valence-corrected chi connectivity index (χ1v) is 9.49. The maximum Gasteiger partial charge on any atom is 0.305 e. The third-order valence-electron chi connectivity index (χ3n) is 4.48. The molecule has 0 aliphatic carbocycles. The van der Waals surface area contributed by atoms with Crippen LogP contribution in [0.15, 0.2) is 0 Å². The Kier molecular flexibility index (Phi) is 9.47. The van der Waals surface area contributed by atoms with E-state index in [1.165, 1.54) is 19.3 Å². The summed E-state index contributed by atoms with van der Waals surface area (Å²) >= 11 is 0. The monoisotopic (exact) mass is 326 g/mol. The molecule has 23 heavy (non-hydrogen) atoms. The van der Waals surface area contributed by atoms with Gasteiger partial charge in [-0.1, -0.05) is 68.7 Å².